The van der Waals surface area contributed by atoms with E-state index in [1.54, 1.807) is 24.4 Å². The van der Waals surface area contributed by atoms with Gasteiger partial charge in [-0.1, -0.05) is 200 Å². The predicted octanol–water partition coefficient (Wildman–Crippen LogP) is 18.0. The first kappa shape index (κ1) is 30.6. The van der Waals surface area contributed by atoms with Gasteiger partial charge in [0.05, 0.1) is 50.9 Å². The van der Waals surface area contributed by atoms with Gasteiger partial charge in [-0.25, -0.2) is 0 Å². The molecule has 0 spiro atoms. The highest BCUT2D eigenvalue weighted by atomic mass is 15.2. The van der Waals surface area contributed by atoms with Crippen molar-refractivity contribution in [2.24, 2.45) is 0 Å². The van der Waals surface area contributed by atoms with Crippen LogP contribution in [0.25, 0.3) is 99.5 Å². The van der Waals surface area contributed by atoms with Gasteiger partial charge in [-0.2, -0.15) is 0 Å². The van der Waals surface area contributed by atoms with E-state index in [1.165, 1.54) is 15.3 Å². The molecule has 386 valence electrons. The molecule has 0 unspecified atom stereocenters. The van der Waals surface area contributed by atoms with Crippen molar-refractivity contribution in [3.05, 3.63) is 303 Å². The van der Waals surface area contributed by atoms with E-state index in [4.69, 9.17) is 22.8 Å². The van der Waals surface area contributed by atoms with Gasteiger partial charge >= 0.3 is 0 Å². The fourth-order valence-corrected chi connectivity index (χ4v) is 12.3. The number of rotatable bonds is 8. The minimum absolute atomic E-state index is 0.0903. The molecule has 5 heterocycles. The molecule has 0 saturated heterocycles. The fourth-order valence-electron chi connectivity index (χ4n) is 12.3. The summed E-state index contributed by atoms with van der Waals surface area (Å²) in [5, 5.41) is -0.476. The van der Waals surface area contributed by atoms with Crippen molar-refractivity contribution in [1.82, 2.24) is 14.1 Å². The van der Waals surface area contributed by atoms with Gasteiger partial charge in [-0.3, -0.25) is 4.98 Å². The summed E-state index contributed by atoms with van der Waals surface area (Å²) >= 11 is 0. The number of aromatic nitrogens is 3. The van der Waals surface area contributed by atoms with E-state index in [0.29, 0.717) is 56.2 Å². The topological polar surface area (TPSA) is 29.2 Å². The molecule has 0 radical (unpaired) electrons. The summed E-state index contributed by atoms with van der Waals surface area (Å²) in [5.74, 6) is 0. The lowest BCUT2D eigenvalue weighted by Crippen LogP contribution is -2.61. The van der Waals surface area contributed by atoms with E-state index in [1.807, 2.05) is 155 Å². The molecule has 83 heavy (non-hydrogen) atoms. The number of nitrogens with zero attached hydrogens (tertiary/aromatic N) is 5. The van der Waals surface area contributed by atoms with Gasteiger partial charge in [0.1, 0.15) is 0 Å². The lowest BCUT2D eigenvalue weighted by molar-refractivity contribution is 1.17. The molecule has 0 amide bonds. The van der Waals surface area contributed by atoms with Crippen LogP contribution in [-0.4, -0.2) is 20.8 Å². The van der Waals surface area contributed by atoms with Crippen LogP contribution in [0.4, 0.5) is 34.1 Å². The molecule has 5 nitrogen and oxygen atoms in total. The fraction of sp³-hybridized carbons (Fsp3) is 0. The average Bonchev–Trinajstić information content (AvgIpc) is 0.726. The molecule has 0 N–H and O–H groups in total. The van der Waals surface area contributed by atoms with Crippen molar-refractivity contribution in [3.63, 3.8) is 0 Å². The Labute approximate surface area is 511 Å². The maximum atomic E-state index is 9.57. The molecule has 17 rings (SSSR count). The van der Waals surface area contributed by atoms with Gasteiger partial charge in [0.15, 0.2) is 0 Å². The first-order valence-electron chi connectivity index (χ1n) is 37.3. The van der Waals surface area contributed by atoms with Crippen molar-refractivity contribution in [2.45, 2.75) is 0 Å². The van der Waals surface area contributed by atoms with Gasteiger partial charge in [0.25, 0.3) is 6.71 Å². The Morgan fingerprint density at radius 2 is 0.663 bits per heavy atom. The van der Waals surface area contributed by atoms with E-state index < -0.39 is 134 Å². The minimum atomic E-state index is -0.794. The molecule has 0 aliphatic carbocycles. The Kier molecular flexibility index (Phi) is 6.94. The summed E-state index contributed by atoms with van der Waals surface area (Å²) in [4.78, 5) is 8.79. The van der Waals surface area contributed by atoms with Gasteiger partial charge in [-0.15, -0.1) is 0 Å². The summed E-state index contributed by atoms with van der Waals surface area (Å²) in [6.07, 6.45) is 3.03. The molecule has 2 aliphatic heterocycles. The van der Waals surface area contributed by atoms with E-state index in [9.17, 15) is 11.0 Å². The Balaban J connectivity index is 1.02. The third-order valence-corrected chi connectivity index (χ3v) is 15.9. The van der Waals surface area contributed by atoms with E-state index in [-0.39, 0.29) is 66.1 Å². The predicted molar refractivity (Wildman–Crippen MR) is 349 cm³/mol. The van der Waals surface area contributed by atoms with Crippen LogP contribution in [0, 0.1) is 0 Å². The van der Waals surface area contributed by atoms with E-state index in [0.717, 1.165) is 27.7 Å². The second-order valence-electron chi connectivity index (χ2n) is 20.4. The van der Waals surface area contributed by atoms with Crippen LogP contribution in [0.15, 0.2) is 303 Å². The van der Waals surface area contributed by atoms with Crippen LogP contribution < -0.4 is 26.2 Å². The number of hydrogen-bond donors (Lipinski definition) is 0. The molecule has 6 heteroatoms. The molecule has 15 aromatic rings. The molecular formula is C77H50BN5. The summed E-state index contributed by atoms with van der Waals surface area (Å²) in [7, 11) is 0. The number of fused-ring (bicyclic) bond motifs is 10. The first-order chi connectivity index (χ1) is 49.9. The summed E-state index contributed by atoms with van der Waals surface area (Å²) in [5.41, 5.74) is 10.1. The minimum Gasteiger partial charge on any atom is -0.311 e. The maximum absolute atomic E-state index is 9.57. The summed E-state index contributed by atoms with van der Waals surface area (Å²) < 4.78 is 194. The van der Waals surface area contributed by atoms with Gasteiger partial charge in [0, 0.05) is 90.6 Å². The first-order valence-corrected chi connectivity index (χ1v) is 26.8. The van der Waals surface area contributed by atoms with Crippen LogP contribution in [0.3, 0.4) is 0 Å². The van der Waals surface area contributed by atoms with Crippen molar-refractivity contribution in [3.8, 4) is 55.9 Å². The molecule has 12 aromatic carbocycles. The summed E-state index contributed by atoms with van der Waals surface area (Å²) in [6, 6.07) is 40.5. The third kappa shape index (κ3) is 7.46. The van der Waals surface area contributed by atoms with E-state index >= 15 is 0 Å². The third-order valence-electron chi connectivity index (χ3n) is 15.9. The highest BCUT2D eigenvalue weighted by molar-refractivity contribution is 7.00. The number of anilines is 6. The zero-order valence-electron chi connectivity index (χ0n) is 64.6. The summed E-state index contributed by atoms with van der Waals surface area (Å²) in [6.45, 7) is -0.794. The largest absolute Gasteiger partial charge is 0.311 e. The smallest absolute Gasteiger partial charge is 0.252 e. The second kappa shape index (κ2) is 18.8. The van der Waals surface area contributed by atoms with Crippen LogP contribution >= 0.6 is 0 Å². The molecule has 3 aromatic heterocycles. The molecule has 0 atom stereocenters. The lowest BCUT2D eigenvalue weighted by atomic mass is 9.33. The molecule has 0 bridgehead atoms. The molecule has 2 aliphatic rings. The highest BCUT2D eigenvalue weighted by Crippen LogP contribution is 2.48. The lowest BCUT2D eigenvalue weighted by Gasteiger charge is -2.44. The van der Waals surface area contributed by atoms with Gasteiger partial charge in [-0.05, 0) is 141 Å². The number of para-hydroxylation sites is 4. The van der Waals surface area contributed by atoms with Crippen LogP contribution in [0.2, 0.25) is 0 Å². The quantitative estimate of drug-likeness (QED) is 0.142. The Morgan fingerprint density at radius 3 is 1.10 bits per heavy atom. The van der Waals surface area contributed by atoms with Crippen LogP contribution in [0.5, 0.6) is 0 Å². The monoisotopic (exact) mass is 1080 g/mol. The van der Waals surface area contributed by atoms with Crippen molar-refractivity contribution < 1.29 is 28.8 Å². The Morgan fingerprint density at radius 1 is 0.289 bits per heavy atom. The van der Waals surface area contributed by atoms with E-state index in [2.05, 4.69) is 0 Å². The Hall–Kier alpha value is -10.9. The average molecular weight is 1080 g/mol. The SMILES string of the molecule is [2H]c1c([2H])c([2H])c(-c2cncc(-c3cc4c5c(c3)N(c3ccc(-c6ccccc6)cc3)c3cc(-n6c7c([2H])c([2H])c([2H])c([2H])c7c7c([2H])c([2H])c([2H])c([2H])c76)ccc3B5c3ccc(-n5c6c([2H])c([2H])c([2H])c([2H])c6c6c([2H])c([2H])c([2H])c([2H])c65)cc3N4c3ccc(-c4ccccc4)cc3)c2)c([2H])c1[2H]. The number of pyridine rings is 1. The van der Waals surface area contributed by atoms with Gasteiger partial charge in [0.2, 0.25) is 0 Å². The second-order valence-corrected chi connectivity index (χ2v) is 20.4. The standard InChI is InChI=1S/C77H50BN5/c1-4-18-51(19-5-1)54-32-36-59(37-33-54)80-73-47-61(82-69-28-14-10-24-63(69)64-25-11-15-29-70(64)82)40-42-67(73)78-68-43-41-62(83-71-30-16-12-26-65(71)66-27-13-17-31-72(66)83)48-74(68)81(60-38-34-55(35-39-60)52-20-6-2-7-21-52)76-46-56(45-75(80)77(76)78)58-44-57(49-79-50-58)53-22-8-3-9-23-53/h1-50H/i3D,8D,9D,10D,11D,12D,13D,14D,15D,16D,17D,22D,23D,24D,25D,26D,27D,28D,29D,30D,31D. The molecular weight excluding hydrogens is 1010 g/mol. The normalized spacial score (nSPS) is 16.0. The molecule has 0 saturated carbocycles. The zero-order valence-corrected chi connectivity index (χ0v) is 43.6. The Bertz CT molecular complexity index is 5820. The van der Waals surface area contributed by atoms with Crippen LogP contribution in [-0.2, 0) is 0 Å². The van der Waals surface area contributed by atoms with Crippen molar-refractivity contribution in [2.75, 3.05) is 9.80 Å². The van der Waals surface area contributed by atoms with Crippen molar-refractivity contribution >= 4 is 101 Å². The zero-order chi connectivity index (χ0) is 72.8. The number of hydrogen-bond acceptors (Lipinski definition) is 3. The number of benzene rings is 12. The van der Waals surface area contributed by atoms with Gasteiger partial charge < -0.3 is 18.9 Å². The molecule has 0 fully saturated rings. The highest BCUT2D eigenvalue weighted by Gasteiger charge is 2.44. The maximum Gasteiger partial charge on any atom is 0.252 e. The van der Waals surface area contributed by atoms with Crippen molar-refractivity contribution in [1.29, 1.82) is 0 Å². The van der Waals surface area contributed by atoms with Crippen LogP contribution in [0.1, 0.15) is 28.8 Å².